The van der Waals surface area contributed by atoms with Crippen molar-refractivity contribution in [1.82, 2.24) is 9.97 Å². The van der Waals surface area contributed by atoms with Crippen LogP contribution < -0.4 is 10.6 Å². The highest BCUT2D eigenvalue weighted by molar-refractivity contribution is 7.18. The molecule has 0 spiro atoms. The fourth-order valence-electron chi connectivity index (χ4n) is 1.96. The maximum absolute atomic E-state index is 13.5. The molecule has 0 aliphatic heterocycles. The number of halogens is 2. The maximum atomic E-state index is 13.5. The Morgan fingerprint density at radius 2 is 2.05 bits per heavy atom. The van der Waals surface area contributed by atoms with E-state index in [0.29, 0.717) is 17.5 Å². The zero-order valence-corrected chi connectivity index (χ0v) is 12.9. The Labute approximate surface area is 130 Å². The van der Waals surface area contributed by atoms with E-state index >= 15 is 0 Å². The van der Waals surface area contributed by atoms with Gasteiger partial charge >= 0.3 is 0 Å². The van der Waals surface area contributed by atoms with Gasteiger partial charge in [0.1, 0.15) is 16.5 Å². The lowest BCUT2D eigenvalue weighted by Gasteiger charge is -2.09. The highest BCUT2D eigenvalue weighted by atomic mass is 35.5. The van der Waals surface area contributed by atoms with E-state index in [2.05, 4.69) is 20.6 Å². The number of hydrogen-bond donors (Lipinski definition) is 2. The summed E-state index contributed by atoms with van der Waals surface area (Å²) in [6.07, 6.45) is 0. The van der Waals surface area contributed by atoms with Crippen molar-refractivity contribution < 1.29 is 4.39 Å². The molecule has 0 atom stereocenters. The van der Waals surface area contributed by atoms with Gasteiger partial charge in [0.2, 0.25) is 5.95 Å². The second-order valence-electron chi connectivity index (χ2n) is 4.48. The molecule has 21 heavy (non-hydrogen) atoms. The van der Waals surface area contributed by atoms with Crippen molar-refractivity contribution in [2.24, 2.45) is 0 Å². The monoisotopic (exact) mass is 322 g/mol. The predicted molar refractivity (Wildman–Crippen MR) is 86.4 cm³/mol. The number of benzene rings is 1. The number of rotatable bonds is 3. The van der Waals surface area contributed by atoms with Gasteiger partial charge in [-0.1, -0.05) is 11.6 Å². The summed E-state index contributed by atoms with van der Waals surface area (Å²) >= 11 is 7.28. The number of hydrogen-bond acceptors (Lipinski definition) is 5. The van der Waals surface area contributed by atoms with Gasteiger partial charge in [-0.25, -0.2) is 9.37 Å². The molecule has 0 amide bonds. The molecule has 2 N–H and O–H groups in total. The van der Waals surface area contributed by atoms with Gasteiger partial charge in [-0.05, 0) is 31.2 Å². The van der Waals surface area contributed by atoms with Crippen LogP contribution in [0.5, 0.6) is 0 Å². The number of aryl methyl sites for hydroxylation is 1. The van der Waals surface area contributed by atoms with Crippen molar-refractivity contribution in [3.8, 4) is 0 Å². The van der Waals surface area contributed by atoms with E-state index in [4.69, 9.17) is 11.6 Å². The number of thiophene rings is 1. The summed E-state index contributed by atoms with van der Waals surface area (Å²) in [5, 5.41) is 7.05. The summed E-state index contributed by atoms with van der Waals surface area (Å²) in [6.45, 7) is 2.01. The zero-order chi connectivity index (χ0) is 15.0. The average molecular weight is 323 g/mol. The first-order valence-electron chi connectivity index (χ1n) is 6.25. The molecule has 7 heteroatoms. The highest BCUT2D eigenvalue weighted by Gasteiger charge is 2.11. The van der Waals surface area contributed by atoms with E-state index in [0.717, 1.165) is 15.1 Å². The second-order valence-corrected chi connectivity index (χ2v) is 6.12. The summed E-state index contributed by atoms with van der Waals surface area (Å²) in [5.74, 6) is 0.680. The average Bonchev–Trinajstić information content (AvgIpc) is 2.83. The Balaban J connectivity index is 2.07. The van der Waals surface area contributed by atoms with Crippen molar-refractivity contribution in [1.29, 1.82) is 0 Å². The molecule has 0 fully saturated rings. The smallest absolute Gasteiger partial charge is 0.225 e. The van der Waals surface area contributed by atoms with Gasteiger partial charge in [0, 0.05) is 17.6 Å². The fourth-order valence-corrected chi connectivity index (χ4v) is 2.96. The maximum Gasteiger partial charge on any atom is 0.225 e. The van der Waals surface area contributed by atoms with Gasteiger partial charge in [0.25, 0.3) is 0 Å². The van der Waals surface area contributed by atoms with Crippen LogP contribution in [0, 0.1) is 12.7 Å². The molecule has 0 bridgehead atoms. The third-order valence-corrected chi connectivity index (χ3v) is 4.17. The Bertz CT molecular complexity index is 818. The molecule has 3 aromatic rings. The van der Waals surface area contributed by atoms with Crippen molar-refractivity contribution in [3.05, 3.63) is 40.0 Å². The number of anilines is 3. The second kappa shape index (κ2) is 5.46. The zero-order valence-electron chi connectivity index (χ0n) is 11.4. The largest absolute Gasteiger partial charge is 0.357 e. The predicted octanol–water partition coefficient (Wildman–Crippen LogP) is 4.58. The van der Waals surface area contributed by atoms with Crippen LogP contribution in [-0.4, -0.2) is 17.0 Å². The minimum absolute atomic E-state index is 0.0932. The normalized spacial score (nSPS) is 10.9. The molecular formula is C14H12ClFN4S. The Morgan fingerprint density at radius 3 is 2.76 bits per heavy atom. The summed E-state index contributed by atoms with van der Waals surface area (Å²) in [4.78, 5) is 10.8. The number of nitrogens with one attached hydrogen (secondary N) is 2. The first-order chi connectivity index (χ1) is 10.1. The standard InChI is InChI=1S/C14H12ClFN4S/c1-7-5-9-12(19-14(17-2)20-13(9)21-7)18-8-3-4-10(15)11(16)6-8/h3-6H,1-2H3,(H2,17,18,19,20). The SMILES string of the molecule is CNc1nc(Nc2ccc(Cl)c(F)c2)c2cc(C)sc2n1. The summed E-state index contributed by atoms with van der Waals surface area (Å²) in [7, 11) is 1.76. The van der Waals surface area contributed by atoms with Crippen LogP contribution in [0.4, 0.5) is 21.8 Å². The molecule has 2 heterocycles. The van der Waals surface area contributed by atoms with Gasteiger partial charge in [0.15, 0.2) is 0 Å². The molecule has 0 radical (unpaired) electrons. The molecule has 108 valence electrons. The molecule has 0 aliphatic carbocycles. The number of aromatic nitrogens is 2. The minimum atomic E-state index is -0.470. The Kier molecular flexibility index (Phi) is 3.65. The molecule has 0 saturated heterocycles. The van der Waals surface area contributed by atoms with E-state index in [1.807, 2.05) is 13.0 Å². The van der Waals surface area contributed by atoms with Crippen molar-refractivity contribution in [2.45, 2.75) is 6.92 Å². The summed E-state index contributed by atoms with van der Waals surface area (Å²) in [6, 6.07) is 6.57. The molecule has 0 saturated carbocycles. The van der Waals surface area contributed by atoms with Crippen LogP contribution in [0.15, 0.2) is 24.3 Å². The van der Waals surface area contributed by atoms with Gasteiger partial charge in [0.05, 0.1) is 10.4 Å². The lowest BCUT2D eigenvalue weighted by molar-refractivity contribution is 0.629. The van der Waals surface area contributed by atoms with Gasteiger partial charge in [-0.3, -0.25) is 0 Å². The molecule has 3 rings (SSSR count). The minimum Gasteiger partial charge on any atom is -0.357 e. The van der Waals surface area contributed by atoms with Crippen molar-refractivity contribution in [2.75, 3.05) is 17.7 Å². The first kappa shape index (κ1) is 14.0. The topological polar surface area (TPSA) is 49.8 Å². The molecule has 0 unspecified atom stereocenters. The third kappa shape index (κ3) is 2.77. The van der Waals surface area contributed by atoms with Crippen LogP contribution in [0.3, 0.4) is 0 Å². The molecule has 2 aromatic heterocycles. The van der Waals surface area contributed by atoms with Crippen LogP contribution in [0.2, 0.25) is 5.02 Å². The highest BCUT2D eigenvalue weighted by Crippen LogP contribution is 2.31. The van der Waals surface area contributed by atoms with E-state index in [1.54, 1.807) is 24.5 Å². The lowest BCUT2D eigenvalue weighted by atomic mass is 10.3. The first-order valence-corrected chi connectivity index (χ1v) is 7.44. The van der Waals surface area contributed by atoms with Crippen LogP contribution >= 0.6 is 22.9 Å². The van der Waals surface area contributed by atoms with E-state index in [1.165, 1.54) is 12.1 Å². The number of fused-ring (bicyclic) bond motifs is 1. The fraction of sp³-hybridized carbons (Fsp3) is 0.143. The lowest BCUT2D eigenvalue weighted by Crippen LogP contribution is -2.01. The van der Waals surface area contributed by atoms with Gasteiger partial charge in [-0.15, -0.1) is 11.3 Å². The Hall–Kier alpha value is -1.92. The van der Waals surface area contributed by atoms with Crippen LogP contribution in [0.25, 0.3) is 10.2 Å². The van der Waals surface area contributed by atoms with Crippen LogP contribution in [-0.2, 0) is 0 Å². The number of nitrogens with zero attached hydrogens (tertiary/aromatic N) is 2. The van der Waals surface area contributed by atoms with Gasteiger partial charge < -0.3 is 10.6 Å². The quantitative estimate of drug-likeness (QED) is 0.741. The van der Waals surface area contributed by atoms with Gasteiger partial charge in [-0.2, -0.15) is 4.98 Å². The molecule has 0 aliphatic rings. The molecular weight excluding hydrogens is 311 g/mol. The van der Waals surface area contributed by atoms with Crippen molar-refractivity contribution >= 4 is 50.6 Å². The van der Waals surface area contributed by atoms with E-state index in [9.17, 15) is 4.39 Å². The Morgan fingerprint density at radius 1 is 1.24 bits per heavy atom. The summed E-state index contributed by atoms with van der Waals surface area (Å²) < 4.78 is 13.5. The summed E-state index contributed by atoms with van der Waals surface area (Å²) in [5.41, 5.74) is 0.586. The molecule has 1 aromatic carbocycles. The molecule has 4 nitrogen and oxygen atoms in total. The van der Waals surface area contributed by atoms with E-state index in [-0.39, 0.29) is 5.02 Å². The van der Waals surface area contributed by atoms with Crippen molar-refractivity contribution in [3.63, 3.8) is 0 Å². The van der Waals surface area contributed by atoms with E-state index < -0.39 is 5.82 Å². The third-order valence-electron chi connectivity index (χ3n) is 2.92. The van der Waals surface area contributed by atoms with Crippen LogP contribution in [0.1, 0.15) is 4.88 Å².